The molecule has 1 atom stereocenters. The van der Waals surface area contributed by atoms with Crippen molar-refractivity contribution in [2.75, 3.05) is 11.4 Å². The van der Waals surface area contributed by atoms with Gasteiger partial charge in [0.05, 0.1) is 0 Å². The van der Waals surface area contributed by atoms with E-state index in [4.69, 9.17) is 5.73 Å². The molecule has 2 rings (SSSR count). The van der Waals surface area contributed by atoms with Crippen LogP contribution in [0.1, 0.15) is 23.6 Å². The molecule has 1 amide bonds. The van der Waals surface area contributed by atoms with E-state index in [1.54, 1.807) is 0 Å². The first-order valence-electron chi connectivity index (χ1n) is 5.67. The number of primary amides is 1. The van der Waals surface area contributed by atoms with Gasteiger partial charge in [-0.05, 0) is 49.9 Å². The van der Waals surface area contributed by atoms with Crippen molar-refractivity contribution in [3.8, 4) is 0 Å². The average molecular weight is 218 g/mol. The van der Waals surface area contributed by atoms with E-state index in [2.05, 4.69) is 30.9 Å². The van der Waals surface area contributed by atoms with Gasteiger partial charge in [-0.3, -0.25) is 4.79 Å². The number of aryl methyl sites for hydroxylation is 2. The van der Waals surface area contributed by atoms with Crippen LogP contribution in [-0.2, 0) is 11.2 Å². The minimum atomic E-state index is -0.258. The maximum atomic E-state index is 11.2. The van der Waals surface area contributed by atoms with Crippen molar-refractivity contribution in [3.05, 3.63) is 28.8 Å². The van der Waals surface area contributed by atoms with Gasteiger partial charge in [-0.15, -0.1) is 0 Å². The molecule has 1 heterocycles. The molecular weight excluding hydrogens is 200 g/mol. The van der Waals surface area contributed by atoms with Crippen molar-refractivity contribution >= 4 is 11.6 Å². The summed E-state index contributed by atoms with van der Waals surface area (Å²) in [5.74, 6) is -0.258. The molecular formula is C13H18N2O. The number of nitrogens with zero attached hydrogens (tertiary/aromatic N) is 1. The number of rotatable bonds is 2. The largest absolute Gasteiger partial charge is 0.368 e. The third kappa shape index (κ3) is 1.66. The SMILES string of the molecule is Cc1cc2c(cc1C)N([C@@H](C)C(N)=O)CC2. The summed E-state index contributed by atoms with van der Waals surface area (Å²) in [4.78, 5) is 13.3. The standard InChI is InChI=1S/C13H18N2O/c1-8-6-11-4-5-15(10(3)13(14)16)12(11)7-9(8)2/h6-7,10H,4-5H2,1-3H3,(H2,14,16)/t10-/m0/s1. The van der Waals surface area contributed by atoms with E-state index >= 15 is 0 Å². The zero-order valence-electron chi connectivity index (χ0n) is 10.1. The number of hydrogen-bond donors (Lipinski definition) is 1. The lowest BCUT2D eigenvalue weighted by atomic mass is 10.0. The van der Waals surface area contributed by atoms with Gasteiger partial charge in [0, 0.05) is 12.2 Å². The van der Waals surface area contributed by atoms with Crippen LogP contribution >= 0.6 is 0 Å². The van der Waals surface area contributed by atoms with Crippen LogP contribution in [0, 0.1) is 13.8 Å². The van der Waals surface area contributed by atoms with Gasteiger partial charge in [-0.2, -0.15) is 0 Å². The fourth-order valence-electron chi connectivity index (χ4n) is 2.25. The monoisotopic (exact) mass is 218 g/mol. The highest BCUT2D eigenvalue weighted by Gasteiger charge is 2.26. The molecule has 0 bridgehead atoms. The van der Waals surface area contributed by atoms with E-state index in [1.165, 1.54) is 22.4 Å². The second-order valence-corrected chi connectivity index (χ2v) is 4.59. The molecule has 2 N–H and O–H groups in total. The molecule has 0 spiro atoms. The highest BCUT2D eigenvalue weighted by Crippen LogP contribution is 2.31. The van der Waals surface area contributed by atoms with Gasteiger partial charge in [0.15, 0.2) is 0 Å². The zero-order valence-corrected chi connectivity index (χ0v) is 10.1. The summed E-state index contributed by atoms with van der Waals surface area (Å²) >= 11 is 0. The van der Waals surface area contributed by atoms with E-state index in [-0.39, 0.29) is 11.9 Å². The second kappa shape index (κ2) is 3.81. The molecule has 3 heteroatoms. The van der Waals surface area contributed by atoms with Gasteiger partial charge in [0.1, 0.15) is 6.04 Å². The first-order chi connectivity index (χ1) is 7.50. The molecule has 0 radical (unpaired) electrons. The Morgan fingerprint density at radius 3 is 2.62 bits per heavy atom. The Kier molecular flexibility index (Phi) is 2.62. The van der Waals surface area contributed by atoms with Gasteiger partial charge in [0.2, 0.25) is 5.91 Å². The minimum absolute atomic E-state index is 0.219. The number of nitrogens with two attached hydrogens (primary N) is 1. The summed E-state index contributed by atoms with van der Waals surface area (Å²) in [7, 11) is 0. The van der Waals surface area contributed by atoms with Crippen molar-refractivity contribution in [1.82, 2.24) is 0 Å². The average Bonchev–Trinajstić information content (AvgIpc) is 2.60. The van der Waals surface area contributed by atoms with Gasteiger partial charge >= 0.3 is 0 Å². The summed E-state index contributed by atoms with van der Waals surface area (Å²) in [5.41, 5.74) is 10.4. The van der Waals surface area contributed by atoms with E-state index in [0.717, 1.165) is 13.0 Å². The normalized spacial score (nSPS) is 16.1. The summed E-state index contributed by atoms with van der Waals surface area (Å²) in [5, 5.41) is 0. The lowest BCUT2D eigenvalue weighted by Crippen LogP contribution is -2.41. The van der Waals surface area contributed by atoms with Crippen molar-refractivity contribution in [1.29, 1.82) is 0 Å². The van der Waals surface area contributed by atoms with E-state index in [0.29, 0.717) is 0 Å². The van der Waals surface area contributed by atoms with Crippen LogP contribution in [0.25, 0.3) is 0 Å². The number of carbonyl (C=O) groups is 1. The Bertz CT molecular complexity index is 440. The summed E-state index contributed by atoms with van der Waals surface area (Å²) in [6.07, 6.45) is 1.01. The van der Waals surface area contributed by atoms with Crippen LogP contribution in [0.3, 0.4) is 0 Å². The van der Waals surface area contributed by atoms with Crippen LogP contribution < -0.4 is 10.6 Å². The smallest absolute Gasteiger partial charge is 0.239 e. The maximum absolute atomic E-state index is 11.2. The first kappa shape index (κ1) is 11.0. The Balaban J connectivity index is 2.39. The number of amides is 1. The summed E-state index contributed by atoms with van der Waals surface area (Å²) < 4.78 is 0. The Labute approximate surface area is 96.2 Å². The molecule has 0 fully saturated rings. The van der Waals surface area contributed by atoms with Gasteiger partial charge in [0.25, 0.3) is 0 Å². The number of benzene rings is 1. The lowest BCUT2D eigenvalue weighted by Gasteiger charge is -2.25. The molecule has 0 saturated heterocycles. The van der Waals surface area contributed by atoms with Gasteiger partial charge in [-0.25, -0.2) is 0 Å². The van der Waals surface area contributed by atoms with Crippen molar-refractivity contribution in [2.24, 2.45) is 5.73 Å². The number of anilines is 1. The number of fused-ring (bicyclic) bond motifs is 1. The molecule has 0 saturated carbocycles. The fourth-order valence-corrected chi connectivity index (χ4v) is 2.25. The highest BCUT2D eigenvalue weighted by atomic mass is 16.1. The minimum Gasteiger partial charge on any atom is -0.368 e. The molecule has 1 aliphatic heterocycles. The Morgan fingerprint density at radius 1 is 1.38 bits per heavy atom. The number of hydrogen-bond acceptors (Lipinski definition) is 2. The molecule has 1 aromatic rings. The Hall–Kier alpha value is -1.51. The second-order valence-electron chi connectivity index (χ2n) is 4.59. The molecule has 0 aliphatic carbocycles. The molecule has 1 aliphatic rings. The zero-order chi connectivity index (χ0) is 11.9. The summed E-state index contributed by atoms with van der Waals surface area (Å²) in [6.45, 7) is 6.98. The molecule has 0 unspecified atom stereocenters. The predicted octanol–water partition coefficient (Wildman–Crippen LogP) is 1.54. The van der Waals surface area contributed by atoms with E-state index in [1.807, 2.05) is 6.92 Å². The maximum Gasteiger partial charge on any atom is 0.239 e. The van der Waals surface area contributed by atoms with Crippen LogP contribution in [0.2, 0.25) is 0 Å². The highest BCUT2D eigenvalue weighted by molar-refractivity contribution is 5.84. The molecule has 3 nitrogen and oxygen atoms in total. The first-order valence-corrected chi connectivity index (χ1v) is 5.67. The van der Waals surface area contributed by atoms with Crippen LogP contribution in [0.4, 0.5) is 5.69 Å². The fraction of sp³-hybridized carbons (Fsp3) is 0.462. The Morgan fingerprint density at radius 2 is 2.00 bits per heavy atom. The van der Waals surface area contributed by atoms with Crippen molar-refractivity contribution in [2.45, 2.75) is 33.2 Å². The van der Waals surface area contributed by atoms with Crippen LogP contribution in [-0.4, -0.2) is 18.5 Å². The summed E-state index contributed by atoms with van der Waals surface area (Å²) in [6, 6.07) is 4.17. The molecule has 86 valence electrons. The number of carbonyl (C=O) groups excluding carboxylic acids is 1. The third-order valence-corrected chi connectivity index (χ3v) is 3.51. The van der Waals surface area contributed by atoms with Crippen LogP contribution in [0.5, 0.6) is 0 Å². The van der Waals surface area contributed by atoms with E-state index < -0.39 is 0 Å². The predicted molar refractivity (Wildman–Crippen MR) is 65.6 cm³/mol. The van der Waals surface area contributed by atoms with Crippen molar-refractivity contribution < 1.29 is 4.79 Å². The third-order valence-electron chi connectivity index (χ3n) is 3.51. The van der Waals surface area contributed by atoms with Crippen LogP contribution in [0.15, 0.2) is 12.1 Å². The molecule has 1 aromatic carbocycles. The van der Waals surface area contributed by atoms with Gasteiger partial charge < -0.3 is 10.6 Å². The topological polar surface area (TPSA) is 46.3 Å². The van der Waals surface area contributed by atoms with Crippen molar-refractivity contribution in [3.63, 3.8) is 0 Å². The molecule has 0 aromatic heterocycles. The quantitative estimate of drug-likeness (QED) is 0.818. The van der Waals surface area contributed by atoms with Gasteiger partial charge in [-0.1, -0.05) is 6.07 Å². The van der Waals surface area contributed by atoms with E-state index in [9.17, 15) is 4.79 Å². The molecule has 16 heavy (non-hydrogen) atoms. The lowest BCUT2D eigenvalue weighted by molar-refractivity contribution is -0.118.